The number of hydrogen-bond donors (Lipinski definition) is 1. The van der Waals surface area contributed by atoms with Gasteiger partial charge in [0.2, 0.25) is 5.91 Å². The number of aromatic nitrogens is 3. The number of methoxy groups -OCH3 is 1. The highest BCUT2D eigenvalue weighted by Gasteiger charge is 2.21. The number of hydrogen-bond acceptors (Lipinski definition) is 7. The second kappa shape index (κ2) is 8.79. The zero-order valence-electron chi connectivity index (χ0n) is 17.2. The fourth-order valence-corrected chi connectivity index (χ4v) is 4.88. The fourth-order valence-electron chi connectivity index (χ4n) is 3.30. The van der Waals surface area contributed by atoms with Crippen LogP contribution < -0.4 is 10.1 Å². The molecule has 1 amide bonds. The van der Waals surface area contributed by atoms with Crippen molar-refractivity contribution in [2.45, 2.75) is 18.9 Å². The smallest absolute Gasteiger partial charge is 0.235 e. The van der Waals surface area contributed by atoms with E-state index in [1.54, 1.807) is 7.11 Å². The number of nitriles is 1. The monoisotopic (exact) mass is 449 g/mol. The van der Waals surface area contributed by atoms with Gasteiger partial charge in [-0.3, -0.25) is 9.36 Å². The summed E-state index contributed by atoms with van der Waals surface area (Å²) in [6.45, 7) is 3.81. The van der Waals surface area contributed by atoms with E-state index in [0.29, 0.717) is 11.4 Å². The molecule has 0 atom stereocenters. The number of nitrogens with one attached hydrogen (secondary N) is 1. The maximum Gasteiger partial charge on any atom is 0.235 e. The molecule has 0 fully saturated rings. The second-order valence-electron chi connectivity index (χ2n) is 6.73. The lowest BCUT2D eigenvalue weighted by molar-refractivity contribution is -0.113. The summed E-state index contributed by atoms with van der Waals surface area (Å²) in [5.74, 6) is 1.16. The van der Waals surface area contributed by atoms with Crippen LogP contribution >= 0.6 is 23.1 Å². The van der Waals surface area contributed by atoms with Crippen LogP contribution in [0.2, 0.25) is 0 Å². The number of carbonyl (C=O) groups excluding carboxylic acids is 1. The molecule has 0 spiro atoms. The molecule has 1 aromatic carbocycles. The number of nitrogens with zero attached hydrogens (tertiary/aromatic N) is 4. The van der Waals surface area contributed by atoms with Crippen molar-refractivity contribution >= 4 is 45.0 Å². The van der Waals surface area contributed by atoms with E-state index in [1.807, 2.05) is 54.1 Å². The van der Waals surface area contributed by atoms with Crippen molar-refractivity contribution in [1.82, 2.24) is 14.5 Å². The SMILES string of the molecule is COc1ccc(-n2c(C)c(C)c(C#N)c2NC(=O)CSc2ncnc3sccc23)cc1. The Bertz CT molecular complexity index is 1300. The Hall–Kier alpha value is -3.35. The Morgan fingerprint density at radius 2 is 2.03 bits per heavy atom. The largest absolute Gasteiger partial charge is 0.497 e. The van der Waals surface area contributed by atoms with Gasteiger partial charge in [0.25, 0.3) is 0 Å². The molecule has 0 unspecified atom stereocenters. The van der Waals surface area contributed by atoms with Crippen LogP contribution in [-0.2, 0) is 4.79 Å². The molecule has 0 bridgehead atoms. The molecule has 1 N–H and O–H groups in total. The third-order valence-electron chi connectivity index (χ3n) is 4.98. The van der Waals surface area contributed by atoms with E-state index in [9.17, 15) is 10.1 Å². The molecule has 3 aromatic heterocycles. The molecule has 7 nitrogen and oxygen atoms in total. The second-order valence-corrected chi connectivity index (χ2v) is 8.59. The maximum absolute atomic E-state index is 12.8. The van der Waals surface area contributed by atoms with Gasteiger partial charge in [-0.1, -0.05) is 11.8 Å². The maximum atomic E-state index is 12.8. The van der Waals surface area contributed by atoms with Gasteiger partial charge in [0, 0.05) is 16.8 Å². The van der Waals surface area contributed by atoms with Crippen molar-refractivity contribution in [3.63, 3.8) is 0 Å². The summed E-state index contributed by atoms with van der Waals surface area (Å²) < 4.78 is 7.12. The lowest BCUT2D eigenvalue weighted by Gasteiger charge is -2.13. The van der Waals surface area contributed by atoms with Crippen molar-refractivity contribution in [3.8, 4) is 17.5 Å². The van der Waals surface area contributed by atoms with Gasteiger partial charge in [0.05, 0.1) is 18.4 Å². The Labute approximate surface area is 187 Å². The third kappa shape index (κ3) is 4.00. The van der Waals surface area contributed by atoms with Crippen LogP contribution in [0.4, 0.5) is 5.82 Å². The first-order valence-electron chi connectivity index (χ1n) is 9.40. The molecule has 0 aliphatic rings. The number of fused-ring (bicyclic) bond motifs is 1. The van der Waals surface area contributed by atoms with E-state index in [2.05, 4.69) is 21.4 Å². The van der Waals surface area contributed by atoms with Gasteiger partial charge in [-0.25, -0.2) is 9.97 Å². The summed E-state index contributed by atoms with van der Waals surface area (Å²) >= 11 is 2.88. The van der Waals surface area contributed by atoms with Crippen LogP contribution in [0.25, 0.3) is 15.9 Å². The normalized spacial score (nSPS) is 10.8. The summed E-state index contributed by atoms with van der Waals surface area (Å²) in [7, 11) is 1.61. The fraction of sp³-hybridized carbons (Fsp3) is 0.182. The van der Waals surface area contributed by atoms with Crippen LogP contribution in [0.3, 0.4) is 0 Å². The Morgan fingerprint density at radius 1 is 1.26 bits per heavy atom. The van der Waals surface area contributed by atoms with Crippen molar-refractivity contribution in [2.75, 3.05) is 18.2 Å². The van der Waals surface area contributed by atoms with Gasteiger partial charge < -0.3 is 10.1 Å². The van der Waals surface area contributed by atoms with Crippen LogP contribution in [0.15, 0.2) is 47.1 Å². The summed E-state index contributed by atoms with van der Waals surface area (Å²) in [5, 5.41) is 16.3. The van der Waals surface area contributed by atoms with E-state index in [-0.39, 0.29) is 11.7 Å². The Kier molecular flexibility index (Phi) is 5.93. The molecule has 31 heavy (non-hydrogen) atoms. The first kappa shape index (κ1) is 20.9. The Morgan fingerprint density at radius 3 is 2.74 bits per heavy atom. The van der Waals surface area contributed by atoms with Gasteiger partial charge >= 0.3 is 0 Å². The Balaban J connectivity index is 1.61. The molecule has 3 heterocycles. The number of thioether (sulfide) groups is 1. The first-order valence-corrected chi connectivity index (χ1v) is 11.3. The molecular weight excluding hydrogens is 430 g/mol. The third-order valence-corrected chi connectivity index (χ3v) is 6.80. The lowest BCUT2D eigenvalue weighted by atomic mass is 10.2. The highest BCUT2D eigenvalue weighted by molar-refractivity contribution is 8.00. The number of carbonyl (C=O) groups is 1. The molecule has 9 heteroatoms. The number of amides is 1. The predicted molar refractivity (Wildman–Crippen MR) is 123 cm³/mol. The standard InChI is InChI=1S/C22H19N5O2S2/c1-13-14(2)27(15-4-6-16(29-3)7-5-15)20(18(13)10-23)26-19(28)11-31-22-17-8-9-30-21(17)24-12-25-22/h4-9,12H,11H2,1-3H3,(H,26,28). The van der Waals surface area contributed by atoms with E-state index in [4.69, 9.17) is 4.74 Å². The average molecular weight is 450 g/mol. The lowest BCUT2D eigenvalue weighted by Crippen LogP contribution is -2.17. The number of benzene rings is 1. The molecule has 4 aromatic rings. The minimum Gasteiger partial charge on any atom is -0.497 e. The number of anilines is 1. The molecular formula is C22H19N5O2S2. The molecule has 156 valence electrons. The summed E-state index contributed by atoms with van der Waals surface area (Å²) in [5.41, 5.74) is 3.01. The summed E-state index contributed by atoms with van der Waals surface area (Å²) in [6.07, 6.45) is 1.51. The quantitative estimate of drug-likeness (QED) is 0.338. The summed E-state index contributed by atoms with van der Waals surface area (Å²) in [6, 6.07) is 11.7. The van der Waals surface area contributed by atoms with Crippen LogP contribution in [0.5, 0.6) is 5.75 Å². The highest BCUT2D eigenvalue weighted by atomic mass is 32.2. The molecule has 0 aliphatic heterocycles. The summed E-state index contributed by atoms with van der Waals surface area (Å²) in [4.78, 5) is 22.2. The number of ether oxygens (including phenoxy) is 1. The van der Waals surface area contributed by atoms with E-state index in [1.165, 1.54) is 29.4 Å². The molecule has 4 rings (SSSR count). The van der Waals surface area contributed by atoms with Gasteiger partial charge in [-0.15, -0.1) is 11.3 Å². The van der Waals surface area contributed by atoms with Gasteiger partial charge in [-0.05, 0) is 55.1 Å². The average Bonchev–Trinajstić information content (AvgIpc) is 3.36. The van der Waals surface area contributed by atoms with E-state index >= 15 is 0 Å². The van der Waals surface area contributed by atoms with Gasteiger partial charge in [0.1, 0.15) is 33.8 Å². The van der Waals surface area contributed by atoms with Crippen LogP contribution in [-0.4, -0.2) is 33.3 Å². The van der Waals surface area contributed by atoms with E-state index < -0.39 is 0 Å². The van der Waals surface area contributed by atoms with Crippen molar-refractivity contribution < 1.29 is 9.53 Å². The minimum absolute atomic E-state index is 0.165. The van der Waals surface area contributed by atoms with Crippen molar-refractivity contribution in [1.29, 1.82) is 5.26 Å². The minimum atomic E-state index is -0.212. The molecule has 0 aliphatic carbocycles. The number of thiophene rings is 1. The number of rotatable bonds is 6. The zero-order valence-corrected chi connectivity index (χ0v) is 18.8. The topological polar surface area (TPSA) is 92.8 Å². The van der Waals surface area contributed by atoms with Crippen molar-refractivity contribution in [2.24, 2.45) is 0 Å². The van der Waals surface area contributed by atoms with E-state index in [0.717, 1.165) is 37.9 Å². The molecule has 0 saturated heterocycles. The van der Waals surface area contributed by atoms with Gasteiger partial charge in [0.15, 0.2) is 0 Å². The molecule has 0 radical (unpaired) electrons. The predicted octanol–water partition coefficient (Wildman–Crippen LogP) is 4.71. The zero-order chi connectivity index (χ0) is 22.0. The van der Waals surface area contributed by atoms with Gasteiger partial charge in [-0.2, -0.15) is 5.26 Å². The first-order chi connectivity index (χ1) is 15.0. The van der Waals surface area contributed by atoms with Crippen LogP contribution in [0.1, 0.15) is 16.8 Å². The highest BCUT2D eigenvalue weighted by Crippen LogP contribution is 2.32. The van der Waals surface area contributed by atoms with Crippen molar-refractivity contribution in [3.05, 3.63) is 58.9 Å². The molecule has 0 saturated carbocycles. The van der Waals surface area contributed by atoms with Crippen LogP contribution in [0, 0.1) is 25.2 Å².